The molecule has 0 aromatic heterocycles. The molecule has 1 N–H and O–H groups in total. The largest absolute Gasteiger partial charge is 1.00 e. The quantitative estimate of drug-likeness (QED) is 0.292. The van der Waals surface area contributed by atoms with E-state index in [2.05, 4.69) is 31.9 Å². The maximum atomic E-state index is 12.6. The van der Waals surface area contributed by atoms with Crippen LogP contribution in [0.2, 0.25) is 0 Å². The molecule has 26 heavy (non-hydrogen) atoms. The predicted octanol–water partition coefficient (Wildman–Crippen LogP) is 2.77. The normalized spacial score (nSPS) is 8.42. The molecule has 2 aromatic rings. The van der Waals surface area contributed by atoms with Gasteiger partial charge in [-0.3, -0.25) is 4.79 Å². The zero-order chi connectivity index (χ0) is 16.9. The molecule has 0 amide bonds. The number of carbonyl (C=O) groups is 1. The Labute approximate surface area is 193 Å². The predicted molar refractivity (Wildman–Crippen MR) is 99.8 cm³/mol. The van der Waals surface area contributed by atoms with E-state index in [-0.39, 0.29) is 71.7 Å². The third kappa shape index (κ3) is 9.66. The minimum Gasteiger partial charge on any atom is -1.00 e. The number of hydrogen-bond acceptors (Lipinski definition) is 2. The van der Waals surface area contributed by atoms with E-state index in [0.29, 0.717) is 8.95 Å². The molecule has 0 saturated carbocycles. The molecule has 2 rings (SSSR count). The molecule has 0 fully saturated rings. The van der Waals surface area contributed by atoms with Crippen molar-refractivity contribution >= 4 is 46.6 Å². The van der Waals surface area contributed by atoms with E-state index in [1.165, 1.54) is 12.1 Å². The minimum atomic E-state index is -1.11. The summed E-state index contributed by atoms with van der Waals surface area (Å²) in [5.74, 6) is -4.08. The Morgan fingerprint density at radius 1 is 0.923 bits per heavy atom. The van der Waals surface area contributed by atoms with Crippen LogP contribution in [0.4, 0.5) is 17.6 Å². The van der Waals surface area contributed by atoms with Crippen LogP contribution in [0.5, 0.6) is 0 Å². The molecule has 0 aliphatic carbocycles. The maximum absolute atomic E-state index is 12.6. The second kappa shape index (κ2) is 15.8. The van der Waals surface area contributed by atoms with Crippen LogP contribution in [-0.2, 0) is 6.61 Å². The van der Waals surface area contributed by atoms with Crippen LogP contribution in [0.3, 0.4) is 0 Å². The van der Waals surface area contributed by atoms with Gasteiger partial charge in [-0.05, 0) is 24.3 Å². The Kier molecular flexibility index (Phi) is 20.3. The average Bonchev–Trinajstić information content (AvgIpc) is 2.47. The summed E-state index contributed by atoms with van der Waals surface area (Å²) in [4.78, 5) is 10.1. The number of rotatable bonds is 2. The van der Waals surface area contributed by atoms with Gasteiger partial charge in [-0.2, -0.15) is 0 Å². The summed E-state index contributed by atoms with van der Waals surface area (Å²) in [6.45, 7) is -0.498. The molecule has 0 atom stereocenters. The van der Waals surface area contributed by atoms with Crippen molar-refractivity contribution in [3.05, 3.63) is 67.6 Å². The van der Waals surface area contributed by atoms with Gasteiger partial charge >= 0.3 is 29.6 Å². The monoisotopic (exact) mass is 509 g/mol. The van der Waals surface area contributed by atoms with E-state index in [1.807, 2.05) is 0 Å². The number of carbonyl (C=O) groups excluding carboxylic acids is 1. The summed E-state index contributed by atoms with van der Waals surface area (Å²) in [5, 5.41) is 8.54. The van der Waals surface area contributed by atoms with Gasteiger partial charge in [0, 0.05) is 22.9 Å². The Bertz CT molecular complexity index is 713. The van der Waals surface area contributed by atoms with Crippen molar-refractivity contribution in [3.8, 4) is 0 Å². The zero-order valence-corrected chi connectivity index (χ0v) is 17.5. The van der Waals surface area contributed by atoms with Crippen LogP contribution >= 0.6 is 31.9 Å². The molecular weight excluding hydrogens is 494 g/mol. The molecular formula is C16H17BBr2F4NaO2. The smallest absolute Gasteiger partial charge is 1.00 e. The first kappa shape index (κ1) is 33.4. The van der Waals surface area contributed by atoms with Crippen LogP contribution in [0.25, 0.3) is 0 Å². The standard InChI is InChI=1S/C7H5BrF2O.C7H3BrF2O.2CH4.B.Na.H/c2*8-5-1-4(3-11)7(10)6(9)2-5;;;;;/h1-2,11H,3H2;1-3H;2*1H4;;;/q;;;;;+1;-1. The Morgan fingerprint density at radius 2 is 1.35 bits per heavy atom. The molecule has 2 nitrogen and oxygen atoms in total. The maximum Gasteiger partial charge on any atom is 1.00 e. The molecule has 0 unspecified atom stereocenters. The summed E-state index contributed by atoms with van der Waals surface area (Å²) in [6.07, 6.45) is 0.267. The van der Waals surface area contributed by atoms with E-state index in [4.69, 9.17) is 5.11 Å². The molecule has 0 heterocycles. The van der Waals surface area contributed by atoms with Crippen LogP contribution < -0.4 is 29.6 Å². The average molecular weight is 511 g/mol. The third-order valence-electron chi connectivity index (χ3n) is 2.39. The fourth-order valence-electron chi connectivity index (χ4n) is 1.39. The summed E-state index contributed by atoms with van der Waals surface area (Å²) in [7, 11) is 0. The second-order valence-electron chi connectivity index (χ2n) is 3.93. The number of halogens is 6. The molecule has 10 heteroatoms. The summed E-state index contributed by atoms with van der Waals surface area (Å²) in [5.41, 5.74) is -0.325. The summed E-state index contributed by atoms with van der Waals surface area (Å²) >= 11 is 5.89. The summed E-state index contributed by atoms with van der Waals surface area (Å²) < 4.78 is 50.9. The van der Waals surface area contributed by atoms with Gasteiger partial charge in [-0.15, -0.1) is 0 Å². The van der Waals surface area contributed by atoms with Crippen LogP contribution in [0.1, 0.15) is 32.2 Å². The molecule has 0 saturated heterocycles. The first-order valence-corrected chi connectivity index (χ1v) is 7.22. The van der Waals surface area contributed by atoms with Gasteiger partial charge in [0.05, 0.1) is 12.2 Å². The van der Waals surface area contributed by atoms with Crippen molar-refractivity contribution in [1.82, 2.24) is 0 Å². The number of benzene rings is 2. The van der Waals surface area contributed by atoms with E-state index in [9.17, 15) is 22.4 Å². The Hall–Kier alpha value is -0.185. The SMILES string of the molecule is C.C.O=Cc1cc(Br)cc(F)c1F.OCc1cc(Br)cc(F)c1F.[B].[H-].[Na+]. The topological polar surface area (TPSA) is 37.3 Å². The van der Waals surface area contributed by atoms with Crippen molar-refractivity contribution in [2.24, 2.45) is 0 Å². The van der Waals surface area contributed by atoms with Crippen molar-refractivity contribution in [2.45, 2.75) is 21.5 Å². The number of aliphatic hydroxyl groups excluding tert-OH is 1. The molecule has 0 aliphatic rings. The van der Waals surface area contributed by atoms with Crippen LogP contribution in [-0.4, -0.2) is 19.8 Å². The molecule has 3 radical (unpaired) electrons. The van der Waals surface area contributed by atoms with Gasteiger partial charge in [-0.25, -0.2) is 17.6 Å². The van der Waals surface area contributed by atoms with Crippen LogP contribution in [0.15, 0.2) is 33.2 Å². The molecule has 139 valence electrons. The fraction of sp³-hybridized carbons (Fsp3) is 0.188. The summed E-state index contributed by atoms with van der Waals surface area (Å²) in [6, 6.07) is 4.51. The number of hydrogen-bond donors (Lipinski definition) is 1. The van der Waals surface area contributed by atoms with Gasteiger partial charge in [0.25, 0.3) is 0 Å². The van der Waals surface area contributed by atoms with E-state index >= 15 is 0 Å². The van der Waals surface area contributed by atoms with Gasteiger partial charge in [-0.1, -0.05) is 46.7 Å². The van der Waals surface area contributed by atoms with E-state index in [0.717, 1.165) is 12.1 Å². The van der Waals surface area contributed by atoms with Gasteiger partial charge < -0.3 is 6.53 Å². The van der Waals surface area contributed by atoms with Crippen molar-refractivity contribution in [3.63, 3.8) is 0 Å². The molecule has 0 bridgehead atoms. The van der Waals surface area contributed by atoms with Gasteiger partial charge in [0.2, 0.25) is 0 Å². The van der Waals surface area contributed by atoms with E-state index in [1.54, 1.807) is 0 Å². The minimum absolute atomic E-state index is 0. The zero-order valence-electron chi connectivity index (χ0n) is 13.3. The van der Waals surface area contributed by atoms with Gasteiger partial charge in [0.1, 0.15) is 0 Å². The number of aldehydes is 1. The number of aliphatic hydroxyl groups is 1. The van der Waals surface area contributed by atoms with Crippen molar-refractivity contribution in [2.75, 3.05) is 0 Å². The first-order valence-electron chi connectivity index (χ1n) is 5.64. The Balaban J connectivity index is -0.000000101. The second-order valence-corrected chi connectivity index (χ2v) is 5.76. The molecule has 0 spiro atoms. The fourth-order valence-corrected chi connectivity index (χ4v) is 2.31. The Morgan fingerprint density at radius 3 is 1.77 bits per heavy atom. The third-order valence-corrected chi connectivity index (χ3v) is 3.30. The van der Waals surface area contributed by atoms with Crippen LogP contribution in [0, 0.1) is 23.3 Å². The van der Waals surface area contributed by atoms with Crippen molar-refractivity contribution in [1.29, 1.82) is 0 Å². The van der Waals surface area contributed by atoms with E-state index < -0.39 is 29.9 Å². The first-order chi connectivity index (χ1) is 10.3. The van der Waals surface area contributed by atoms with Gasteiger partial charge in [0.15, 0.2) is 29.6 Å². The molecule has 0 aliphatic heterocycles. The molecule has 2 aromatic carbocycles. The van der Waals surface area contributed by atoms with Crippen molar-refractivity contribution < 1.29 is 58.4 Å².